The van der Waals surface area contributed by atoms with E-state index in [0.29, 0.717) is 0 Å². The summed E-state index contributed by atoms with van der Waals surface area (Å²) in [7, 11) is -3.85. The number of phosphoric ester groups is 1. The van der Waals surface area contributed by atoms with E-state index in [4.69, 9.17) is 36.8 Å². The third-order valence-corrected chi connectivity index (χ3v) is 2.85. The quantitative estimate of drug-likeness (QED) is 0.405. The van der Waals surface area contributed by atoms with Gasteiger partial charge in [-0.05, 0) is 20.8 Å². The molecule has 0 N–H and O–H groups in total. The zero-order valence-electron chi connectivity index (χ0n) is 9.61. The van der Waals surface area contributed by atoms with Gasteiger partial charge in [0.2, 0.25) is 0 Å². The Balaban J connectivity index is 4.78. The highest BCUT2D eigenvalue weighted by Gasteiger charge is 2.28. The number of phosphoric acid groups is 1. The van der Waals surface area contributed by atoms with Crippen molar-refractivity contribution in [1.29, 1.82) is 0 Å². The molecular weight excluding hydrogens is 290 g/mol. The molecule has 0 radical (unpaired) electrons. The maximum Gasteiger partial charge on any atom is 0.586 e. The second kappa shape index (κ2) is 7.77. The third kappa shape index (κ3) is 8.27. The lowest BCUT2D eigenvalue weighted by atomic mass is 10.4. The molecule has 0 fully saturated rings. The molecule has 0 aliphatic rings. The molecule has 0 spiro atoms. The molecule has 0 rings (SSSR count). The Morgan fingerprint density at radius 1 is 1.35 bits per heavy atom. The largest absolute Gasteiger partial charge is 0.586 e. The molecule has 0 aliphatic heterocycles. The number of halogens is 2. The van der Waals surface area contributed by atoms with Crippen LogP contribution in [0.5, 0.6) is 0 Å². The molecule has 98 valence electrons. The Morgan fingerprint density at radius 3 is 2.35 bits per heavy atom. The van der Waals surface area contributed by atoms with Gasteiger partial charge in [-0.1, -0.05) is 23.2 Å². The topological polar surface area (TPSA) is 61.8 Å². The van der Waals surface area contributed by atoms with Crippen LogP contribution in [0.15, 0.2) is 22.6 Å². The second-order valence-electron chi connectivity index (χ2n) is 2.83. The zero-order chi connectivity index (χ0) is 13.5. The van der Waals surface area contributed by atoms with Crippen LogP contribution in [0.4, 0.5) is 0 Å². The van der Waals surface area contributed by atoms with E-state index in [1.807, 2.05) is 0 Å². The van der Waals surface area contributed by atoms with Crippen LogP contribution in [0, 0.1) is 0 Å². The highest BCUT2D eigenvalue weighted by Crippen LogP contribution is 2.51. The van der Waals surface area contributed by atoms with Gasteiger partial charge in [0.05, 0.1) is 6.61 Å². The first-order chi connectivity index (χ1) is 7.79. The van der Waals surface area contributed by atoms with Crippen molar-refractivity contribution >= 4 is 36.8 Å². The Kier molecular flexibility index (Phi) is 7.55. The molecule has 0 bridgehead atoms. The van der Waals surface area contributed by atoms with Gasteiger partial charge >= 0.3 is 7.82 Å². The molecule has 17 heavy (non-hydrogen) atoms. The van der Waals surface area contributed by atoms with Gasteiger partial charge in [-0.15, -0.1) is 0 Å². The summed E-state index contributed by atoms with van der Waals surface area (Å²) in [6.45, 7) is 4.48. The molecule has 0 heterocycles. The van der Waals surface area contributed by atoms with E-state index < -0.39 is 7.82 Å². The predicted molar refractivity (Wildman–Crippen MR) is 65.6 cm³/mol. The minimum absolute atomic E-state index is 0.0956. The van der Waals surface area contributed by atoms with E-state index in [2.05, 4.69) is 0 Å². The van der Waals surface area contributed by atoms with Crippen LogP contribution in [0.1, 0.15) is 20.8 Å². The van der Waals surface area contributed by atoms with Crippen molar-refractivity contribution in [3.8, 4) is 0 Å². The van der Waals surface area contributed by atoms with Crippen molar-refractivity contribution in [3.05, 3.63) is 22.6 Å². The number of rotatable bonds is 7. The summed E-state index contributed by atoms with van der Waals surface area (Å²) < 4.78 is 26.2. The first-order valence-electron chi connectivity index (χ1n) is 4.61. The van der Waals surface area contributed by atoms with E-state index in [-0.39, 0.29) is 22.6 Å². The third-order valence-electron chi connectivity index (χ3n) is 1.22. The minimum Gasteiger partial charge on any atom is -0.400 e. The van der Waals surface area contributed by atoms with Crippen LogP contribution in [0.3, 0.4) is 0 Å². The average molecular weight is 303 g/mol. The molecule has 0 aromatic rings. The number of hydrogen-bond acceptors (Lipinski definition) is 5. The summed E-state index contributed by atoms with van der Waals surface area (Å²) in [5.41, 5.74) is 0. The van der Waals surface area contributed by atoms with Gasteiger partial charge in [-0.25, -0.2) is 4.57 Å². The first kappa shape index (κ1) is 16.5. The van der Waals surface area contributed by atoms with Crippen LogP contribution in [0.2, 0.25) is 0 Å². The molecule has 0 aromatic heterocycles. The van der Waals surface area contributed by atoms with Crippen molar-refractivity contribution in [1.82, 2.24) is 0 Å². The van der Waals surface area contributed by atoms with Gasteiger partial charge < -0.3 is 9.05 Å². The van der Waals surface area contributed by atoms with Gasteiger partial charge in [-0.3, -0.25) is 9.32 Å². The molecule has 0 saturated heterocycles. The lowest BCUT2D eigenvalue weighted by Crippen LogP contribution is -1.97. The Bertz CT molecular complexity index is 374. The number of ketones is 1. The van der Waals surface area contributed by atoms with Crippen molar-refractivity contribution in [2.75, 3.05) is 6.61 Å². The van der Waals surface area contributed by atoms with E-state index in [1.54, 1.807) is 6.92 Å². The number of carbonyl (C=O) groups is 1. The molecular formula is C9H13Cl2O5P. The molecule has 1 atom stereocenters. The minimum atomic E-state index is -3.85. The van der Waals surface area contributed by atoms with Crippen LogP contribution < -0.4 is 0 Å². The summed E-state index contributed by atoms with van der Waals surface area (Å²) in [6, 6.07) is 0. The number of allylic oxidation sites excluding steroid dienone is 2. The fraction of sp³-hybridized carbons (Fsp3) is 0.444. The Morgan fingerprint density at radius 2 is 1.94 bits per heavy atom. The van der Waals surface area contributed by atoms with Gasteiger partial charge in [-0.2, -0.15) is 0 Å². The van der Waals surface area contributed by atoms with Crippen molar-refractivity contribution < 1.29 is 22.9 Å². The summed E-state index contributed by atoms with van der Waals surface area (Å²) >= 11 is 10.6. The van der Waals surface area contributed by atoms with Gasteiger partial charge in [0.15, 0.2) is 5.78 Å². The van der Waals surface area contributed by atoms with E-state index in [0.717, 1.165) is 12.3 Å². The van der Waals surface area contributed by atoms with Crippen LogP contribution >= 0.6 is 31.0 Å². The smallest absolute Gasteiger partial charge is 0.400 e. The monoisotopic (exact) mass is 302 g/mol. The van der Waals surface area contributed by atoms with E-state index >= 15 is 0 Å². The van der Waals surface area contributed by atoms with Crippen molar-refractivity contribution in [2.45, 2.75) is 20.8 Å². The van der Waals surface area contributed by atoms with E-state index in [1.165, 1.54) is 13.8 Å². The molecule has 0 aliphatic carbocycles. The molecule has 5 nitrogen and oxygen atoms in total. The predicted octanol–water partition coefficient (Wildman–Crippen LogP) is 3.93. The van der Waals surface area contributed by atoms with Crippen LogP contribution in [-0.4, -0.2) is 12.4 Å². The van der Waals surface area contributed by atoms with Gasteiger partial charge in [0.25, 0.3) is 0 Å². The number of carbonyl (C=O) groups excluding carboxylic acids is 1. The summed E-state index contributed by atoms with van der Waals surface area (Å²) in [6.07, 6.45) is 1.99. The maximum atomic E-state index is 11.9. The molecule has 0 saturated carbocycles. The first-order valence-corrected chi connectivity index (χ1v) is 6.83. The SMILES string of the molecule is CCOP(=O)(OC=C(Cl)Cl)O/C(C)=C/C(C)=O. The lowest BCUT2D eigenvalue weighted by Gasteiger charge is -2.16. The Hall–Kier alpha value is -0.480. The zero-order valence-corrected chi connectivity index (χ0v) is 12.0. The molecule has 0 aromatic carbocycles. The summed E-state index contributed by atoms with van der Waals surface area (Å²) in [5.74, 6) is -0.148. The van der Waals surface area contributed by atoms with Crippen molar-refractivity contribution in [2.24, 2.45) is 0 Å². The maximum absolute atomic E-state index is 11.9. The Labute approximate surface area is 110 Å². The molecule has 0 amide bonds. The van der Waals surface area contributed by atoms with Crippen LogP contribution in [-0.2, 0) is 22.9 Å². The average Bonchev–Trinajstić information content (AvgIpc) is 2.13. The fourth-order valence-electron chi connectivity index (χ4n) is 0.830. The van der Waals surface area contributed by atoms with Crippen molar-refractivity contribution in [3.63, 3.8) is 0 Å². The summed E-state index contributed by atoms with van der Waals surface area (Å²) in [5, 5.41) is 0. The summed E-state index contributed by atoms with van der Waals surface area (Å²) in [4.78, 5) is 10.8. The molecule has 1 unspecified atom stereocenters. The van der Waals surface area contributed by atoms with Gasteiger partial charge in [0.1, 0.15) is 16.5 Å². The normalized spacial score (nSPS) is 14.8. The highest BCUT2D eigenvalue weighted by molar-refractivity contribution is 7.48. The highest BCUT2D eigenvalue weighted by atomic mass is 35.5. The van der Waals surface area contributed by atoms with Gasteiger partial charge in [0, 0.05) is 6.08 Å². The fourth-order valence-corrected chi connectivity index (χ4v) is 2.16. The molecule has 8 heteroatoms. The second-order valence-corrected chi connectivity index (χ2v) is 5.39. The van der Waals surface area contributed by atoms with Crippen LogP contribution in [0.25, 0.3) is 0 Å². The standard InChI is InChI=1S/C9H13Cl2O5P/c1-4-14-17(13,15-6-9(10)11)16-8(3)5-7(2)12/h5-6H,4H2,1-3H3/b8-5+. The number of hydrogen-bond donors (Lipinski definition) is 0. The van der Waals surface area contributed by atoms with E-state index in [9.17, 15) is 9.36 Å². The lowest BCUT2D eigenvalue weighted by molar-refractivity contribution is -0.112.